The smallest absolute Gasteiger partial charge is 0.0738 e. The van der Waals surface area contributed by atoms with Crippen LogP contribution < -0.4 is 11.3 Å². The Balaban J connectivity index is 2.00. The first kappa shape index (κ1) is 17.0. The lowest BCUT2D eigenvalue weighted by Gasteiger charge is -2.16. The summed E-state index contributed by atoms with van der Waals surface area (Å²) < 4.78 is 4.07. The van der Waals surface area contributed by atoms with E-state index in [-0.39, 0.29) is 6.04 Å². The number of thioether (sulfide) groups is 1. The number of hydrazine groups is 1. The summed E-state index contributed by atoms with van der Waals surface area (Å²) in [6.45, 7) is 1.99. The number of benzene rings is 1. The maximum atomic E-state index is 5.70. The molecule has 0 amide bonds. The van der Waals surface area contributed by atoms with E-state index < -0.39 is 0 Å². The minimum atomic E-state index is 0.181. The molecule has 0 aliphatic heterocycles. The molecule has 7 heteroatoms. The third-order valence-corrected chi connectivity index (χ3v) is 5.87. The van der Waals surface area contributed by atoms with Gasteiger partial charge in [-0.25, -0.2) is 0 Å². The molecule has 0 bridgehead atoms. The molecule has 4 nitrogen and oxygen atoms in total. The molecule has 21 heavy (non-hydrogen) atoms. The average molecular weight is 434 g/mol. The number of aryl methyl sites for hydroxylation is 2. The summed E-state index contributed by atoms with van der Waals surface area (Å²) in [5.74, 6) is 6.60. The summed E-state index contributed by atoms with van der Waals surface area (Å²) >= 11 is 8.88. The van der Waals surface area contributed by atoms with Crippen LogP contribution in [0.3, 0.4) is 0 Å². The fourth-order valence-electron chi connectivity index (χ4n) is 2.05. The summed E-state index contributed by atoms with van der Waals surface area (Å²) in [5.41, 5.74) is 5.06. The molecule has 1 atom stereocenters. The monoisotopic (exact) mass is 432 g/mol. The van der Waals surface area contributed by atoms with E-state index in [9.17, 15) is 0 Å². The van der Waals surface area contributed by atoms with Gasteiger partial charge >= 0.3 is 0 Å². The van der Waals surface area contributed by atoms with Crippen LogP contribution in [0.1, 0.15) is 11.4 Å². The Bertz CT molecular complexity index is 615. The number of nitrogens with one attached hydrogen (secondary N) is 1. The lowest BCUT2D eigenvalue weighted by atomic mass is 10.2. The van der Waals surface area contributed by atoms with Crippen LogP contribution >= 0.6 is 43.6 Å². The standard InChI is InChI=1S/C14H18Br2N4S/c1-9-14(16)13(20(2)19-9)7-11(18-17)8-21-12-5-3-4-10(15)6-12/h3-6,11,18H,7-8,17H2,1-2H3. The number of hydrogen-bond donors (Lipinski definition) is 2. The highest BCUT2D eigenvalue weighted by Crippen LogP contribution is 2.25. The van der Waals surface area contributed by atoms with Crippen molar-refractivity contribution in [2.75, 3.05) is 5.75 Å². The molecule has 0 saturated heterocycles. The molecule has 114 valence electrons. The van der Waals surface area contributed by atoms with Crippen molar-refractivity contribution in [2.24, 2.45) is 12.9 Å². The zero-order valence-corrected chi connectivity index (χ0v) is 15.9. The molecule has 0 aliphatic rings. The van der Waals surface area contributed by atoms with E-state index >= 15 is 0 Å². The maximum absolute atomic E-state index is 5.70. The minimum Gasteiger partial charge on any atom is -0.271 e. The van der Waals surface area contributed by atoms with Crippen LogP contribution in [0.15, 0.2) is 38.1 Å². The Morgan fingerprint density at radius 3 is 2.76 bits per heavy atom. The first-order chi connectivity index (χ1) is 10.0. The quantitative estimate of drug-likeness (QED) is 0.416. The Morgan fingerprint density at radius 2 is 2.19 bits per heavy atom. The van der Waals surface area contributed by atoms with E-state index in [0.717, 1.165) is 32.5 Å². The van der Waals surface area contributed by atoms with Gasteiger partial charge in [-0.3, -0.25) is 16.0 Å². The van der Waals surface area contributed by atoms with Crippen LogP contribution in [0, 0.1) is 6.92 Å². The van der Waals surface area contributed by atoms with Gasteiger partial charge < -0.3 is 0 Å². The molecule has 2 rings (SSSR count). The number of rotatable bonds is 6. The van der Waals surface area contributed by atoms with E-state index in [1.54, 1.807) is 11.8 Å². The number of nitrogens with two attached hydrogens (primary N) is 1. The van der Waals surface area contributed by atoms with Gasteiger partial charge in [-0.2, -0.15) is 5.10 Å². The van der Waals surface area contributed by atoms with Crippen molar-refractivity contribution in [1.82, 2.24) is 15.2 Å². The van der Waals surface area contributed by atoms with Crippen molar-refractivity contribution >= 4 is 43.6 Å². The molecule has 0 aliphatic carbocycles. The SMILES string of the molecule is Cc1nn(C)c(CC(CSc2cccc(Br)c2)NN)c1Br. The van der Waals surface area contributed by atoms with Crippen molar-refractivity contribution < 1.29 is 0 Å². The van der Waals surface area contributed by atoms with Crippen LogP contribution in [0.5, 0.6) is 0 Å². The summed E-state index contributed by atoms with van der Waals surface area (Å²) in [4.78, 5) is 1.23. The van der Waals surface area contributed by atoms with Gasteiger partial charge in [0.1, 0.15) is 0 Å². The van der Waals surface area contributed by atoms with Crippen molar-refractivity contribution in [3.63, 3.8) is 0 Å². The second kappa shape index (κ2) is 7.78. The van der Waals surface area contributed by atoms with E-state index in [4.69, 9.17) is 5.84 Å². The van der Waals surface area contributed by atoms with Gasteiger partial charge in [-0.15, -0.1) is 11.8 Å². The third-order valence-electron chi connectivity index (χ3n) is 3.18. The first-order valence-electron chi connectivity index (χ1n) is 6.53. The van der Waals surface area contributed by atoms with Crippen LogP contribution in [-0.2, 0) is 13.5 Å². The highest BCUT2D eigenvalue weighted by Gasteiger charge is 2.16. The second-order valence-corrected chi connectivity index (χ2v) is 7.61. The first-order valence-corrected chi connectivity index (χ1v) is 9.11. The molecular formula is C14H18Br2N4S. The third kappa shape index (κ3) is 4.56. The van der Waals surface area contributed by atoms with Gasteiger partial charge in [0.2, 0.25) is 0 Å². The van der Waals surface area contributed by atoms with Gasteiger partial charge in [0.15, 0.2) is 0 Å². The normalized spacial score (nSPS) is 12.6. The molecule has 1 aromatic heterocycles. The van der Waals surface area contributed by atoms with Gasteiger partial charge in [0.25, 0.3) is 0 Å². The summed E-state index contributed by atoms with van der Waals surface area (Å²) in [6, 6.07) is 8.46. The van der Waals surface area contributed by atoms with Gasteiger partial charge in [0.05, 0.1) is 15.9 Å². The Morgan fingerprint density at radius 1 is 1.43 bits per heavy atom. The molecule has 3 N–H and O–H groups in total. The number of halogens is 2. The average Bonchev–Trinajstić information content (AvgIpc) is 2.69. The van der Waals surface area contributed by atoms with E-state index in [1.807, 2.05) is 30.8 Å². The number of hydrogen-bond acceptors (Lipinski definition) is 4. The topological polar surface area (TPSA) is 55.9 Å². The summed E-state index contributed by atoms with van der Waals surface area (Å²) in [6.07, 6.45) is 0.829. The lowest BCUT2D eigenvalue weighted by Crippen LogP contribution is -2.39. The maximum Gasteiger partial charge on any atom is 0.0738 e. The molecule has 1 heterocycles. The molecule has 2 aromatic rings. The van der Waals surface area contributed by atoms with E-state index in [1.165, 1.54) is 4.90 Å². The van der Waals surface area contributed by atoms with Crippen LogP contribution in [0.25, 0.3) is 0 Å². The van der Waals surface area contributed by atoms with Crippen molar-refractivity contribution in [2.45, 2.75) is 24.3 Å². The molecule has 0 saturated carbocycles. The van der Waals surface area contributed by atoms with Crippen LogP contribution in [0.2, 0.25) is 0 Å². The molecule has 1 unspecified atom stereocenters. The zero-order valence-electron chi connectivity index (χ0n) is 11.9. The lowest BCUT2D eigenvalue weighted by molar-refractivity contribution is 0.550. The van der Waals surface area contributed by atoms with Gasteiger partial charge in [0, 0.05) is 34.6 Å². The van der Waals surface area contributed by atoms with Crippen LogP contribution in [-0.4, -0.2) is 21.6 Å². The molecular weight excluding hydrogens is 416 g/mol. The molecule has 0 spiro atoms. The Kier molecular flexibility index (Phi) is 6.31. The molecule has 0 fully saturated rings. The van der Waals surface area contributed by atoms with E-state index in [0.29, 0.717) is 0 Å². The largest absolute Gasteiger partial charge is 0.271 e. The Labute approximate surface area is 146 Å². The van der Waals surface area contributed by atoms with E-state index in [2.05, 4.69) is 54.5 Å². The zero-order chi connectivity index (χ0) is 15.4. The van der Waals surface area contributed by atoms with Crippen LogP contribution in [0.4, 0.5) is 0 Å². The van der Waals surface area contributed by atoms with Gasteiger partial charge in [-0.1, -0.05) is 22.0 Å². The predicted octanol–water partition coefficient (Wildman–Crippen LogP) is 3.42. The van der Waals surface area contributed by atoms with Crippen molar-refractivity contribution in [3.05, 3.63) is 44.6 Å². The number of aromatic nitrogens is 2. The Hall–Kier alpha value is -0.340. The fraction of sp³-hybridized carbons (Fsp3) is 0.357. The van der Waals surface area contributed by atoms with Gasteiger partial charge in [-0.05, 0) is 41.1 Å². The number of nitrogens with zero attached hydrogens (tertiary/aromatic N) is 2. The molecule has 0 radical (unpaired) electrons. The molecule has 1 aromatic carbocycles. The predicted molar refractivity (Wildman–Crippen MR) is 95.3 cm³/mol. The van der Waals surface area contributed by atoms with Crippen molar-refractivity contribution in [1.29, 1.82) is 0 Å². The minimum absolute atomic E-state index is 0.181. The summed E-state index contributed by atoms with van der Waals surface area (Å²) in [5, 5.41) is 4.42. The summed E-state index contributed by atoms with van der Waals surface area (Å²) in [7, 11) is 1.96. The highest BCUT2D eigenvalue weighted by molar-refractivity contribution is 9.10. The highest BCUT2D eigenvalue weighted by atomic mass is 79.9. The second-order valence-electron chi connectivity index (χ2n) is 4.81. The van der Waals surface area contributed by atoms with Crippen molar-refractivity contribution in [3.8, 4) is 0 Å². The fourth-order valence-corrected chi connectivity index (χ4v) is 4.10.